The van der Waals surface area contributed by atoms with Gasteiger partial charge in [-0.25, -0.2) is 0 Å². The molecule has 296 valence electrons. The van der Waals surface area contributed by atoms with Crippen LogP contribution in [-0.4, -0.2) is 92.6 Å². The van der Waals surface area contributed by atoms with Crippen molar-refractivity contribution in [3.8, 4) is 5.75 Å². The summed E-state index contributed by atoms with van der Waals surface area (Å²) in [5.41, 5.74) is 6.91. The molecule has 4 aliphatic rings. The number of pyridine rings is 2. The fraction of sp³-hybridized carbons (Fsp3) is 0.533. The van der Waals surface area contributed by atoms with Crippen LogP contribution in [0, 0.1) is 12.8 Å². The Morgan fingerprint density at radius 3 is 2.15 bits per heavy atom. The van der Waals surface area contributed by atoms with E-state index in [0.717, 1.165) is 106 Å². The molecule has 9 heteroatoms. The standard InChI is InChI=1S/C22H25N3O2.C17H24N2O2.3C2H6/c1-17-4-5-19(15-25-11-13-26-14-12-25)20-3-2-8-24-21(20)22(17)27-16-18-6-9-23-10-7-18;1-12-8-15-14(11-19-4-6-21-7-5-19)9-13(2)17(20-3)16(15)18-10-12;3*1-2/h2-10,19H,11-16H2,1H3;8-9,12H,4-7,10-11H2,1-3H3;3*1-2H3/t;12-;;;/m.0.../s1. The van der Waals surface area contributed by atoms with E-state index in [-0.39, 0.29) is 0 Å². The van der Waals surface area contributed by atoms with E-state index in [1.54, 1.807) is 19.5 Å². The fourth-order valence-electron chi connectivity index (χ4n) is 6.74. The fourth-order valence-corrected chi connectivity index (χ4v) is 6.74. The monoisotopic (exact) mass is 742 g/mol. The lowest BCUT2D eigenvalue weighted by molar-refractivity contribution is 0.0340. The zero-order chi connectivity index (χ0) is 39.3. The average molecular weight is 742 g/mol. The molecule has 3 aromatic rings. The van der Waals surface area contributed by atoms with Gasteiger partial charge in [0, 0.05) is 75.5 Å². The maximum atomic E-state index is 6.23. The van der Waals surface area contributed by atoms with Crippen molar-refractivity contribution in [2.45, 2.75) is 81.4 Å². The molecule has 7 rings (SSSR count). The summed E-state index contributed by atoms with van der Waals surface area (Å²) < 4.78 is 22.7. The summed E-state index contributed by atoms with van der Waals surface area (Å²) in [6, 6.07) is 10.4. The van der Waals surface area contributed by atoms with Crippen LogP contribution in [0.2, 0.25) is 0 Å². The van der Waals surface area contributed by atoms with Gasteiger partial charge < -0.3 is 18.9 Å². The van der Waals surface area contributed by atoms with E-state index in [0.29, 0.717) is 18.4 Å². The highest BCUT2D eigenvalue weighted by atomic mass is 16.5. The zero-order valence-electron chi connectivity index (χ0n) is 34.9. The molecule has 3 aliphatic heterocycles. The van der Waals surface area contributed by atoms with Crippen LogP contribution in [-0.2, 0) is 27.4 Å². The number of hydrogen-bond acceptors (Lipinski definition) is 9. The molecule has 2 atom stereocenters. The van der Waals surface area contributed by atoms with Crippen molar-refractivity contribution < 1.29 is 18.9 Å². The third-order valence-electron chi connectivity index (χ3n) is 9.34. The molecule has 9 nitrogen and oxygen atoms in total. The maximum absolute atomic E-state index is 6.23. The molecule has 0 bridgehead atoms. The second-order valence-corrected chi connectivity index (χ2v) is 13.0. The predicted octanol–water partition coefficient (Wildman–Crippen LogP) is 7.37. The lowest BCUT2D eigenvalue weighted by Gasteiger charge is -2.29. The maximum Gasteiger partial charge on any atom is 0.148 e. The zero-order valence-corrected chi connectivity index (χ0v) is 34.9. The second-order valence-electron chi connectivity index (χ2n) is 13.0. The highest BCUT2D eigenvalue weighted by Crippen LogP contribution is 2.33. The van der Waals surface area contributed by atoms with Crippen LogP contribution in [0.15, 0.2) is 71.6 Å². The van der Waals surface area contributed by atoms with Crippen LogP contribution in [0.4, 0.5) is 0 Å². The van der Waals surface area contributed by atoms with Crippen molar-refractivity contribution >= 4 is 11.8 Å². The number of hydrogen-bond donors (Lipinski definition) is 0. The number of aryl methyl sites for hydroxylation is 1. The third-order valence-corrected chi connectivity index (χ3v) is 9.34. The molecule has 2 aromatic heterocycles. The number of fused-ring (bicyclic) bond motifs is 2. The van der Waals surface area contributed by atoms with E-state index in [9.17, 15) is 0 Å². The molecule has 2 fully saturated rings. The third kappa shape index (κ3) is 12.6. The Bertz CT molecular complexity index is 1710. The van der Waals surface area contributed by atoms with Gasteiger partial charge in [-0.3, -0.25) is 24.8 Å². The van der Waals surface area contributed by atoms with Gasteiger partial charge in [0.25, 0.3) is 0 Å². The Kier molecular flexibility index (Phi) is 20.2. The van der Waals surface area contributed by atoms with Gasteiger partial charge in [0.15, 0.2) is 0 Å². The Morgan fingerprint density at radius 1 is 0.852 bits per heavy atom. The van der Waals surface area contributed by atoms with E-state index in [1.165, 1.54) is 21.9 Å². The first-order chi connectivity index (χ1) is 26.5. The molecule has 1 aliphatic carbocycles. The quantitative estimate of drug-likeness (QED) is 0.237. The Morgan fingerprint density at radius 2 is 1.50 bits per heavy atom. The molecule has 0 saturated carbocycles. The van der Waals surface area contributed by atoms with Crippen LogP contribution < -0.4 is 15.3 Å². The molecule has 0 N–H and O–H groups in total. The summed E-state index contributed by atoms with van der Waals surface area (Å²) in [4.78, 5) is 18.4. The predicted molar refractivity (Wildman–Crippen MR) is 222 cm³/mol. The van der Waals surface area contributed by atoms with Gasteiger partial charge in [-0.2, -0.15) is 0 Å². The van der Waals surface area contributed by atoms with Crippen LogP contribution in [0.1, 0.15) is 89.3 Å². The minimum absolute atomic E-state index is 0.295. The minimum Gasteiger partial charge on any atom is -0.494 e. The Balaban J connectivity index is 0.000000261. The molecule has 1 aromatic carbocycles. The summed E-state index contributed by atoms with van der Waals surface area (Å²) in [5, 5.41) is 2.31. The number of ether oxygens (including phenoxy) is 4. The number of aromatic nitrogens is 2. The normalized spacial score (nSPS) is 19.1. The van der Waals surface area contributed by atoms with Crippen LogP contribution in [0.5, 0.6) is 5.75 Å². The van der Waals surface area contributed by atoms with Gasteiger partial charge in [0.05, 0.1) is 33.5 Å². The summed E-state index contributed by atoms with van der Waals surface area (Å²) in [6.45, 7) is 29.0. The van der Waals surface area contributed by atoms with Gasteiger partial charge in [0.2, 0.25) is 0 Å². The van der Waals surface area contributed by atoms with E-state index in [1.807, 2.05) is 65.9 Å². The topological polar surface area (TPSA) is 81.5 Å². The number of nitrogens with zero attached hydrogens (tertiary/aromatic N) is 5. The molecule has 0 amide bonds. The lowest BCUT2D eigenvalue weighted by atomic mass is 9.97. The molecule has 2 saturated heterocycles. The first-order valence-corrected chi connectivity index (χ1v) is 20.2. The van der Waals surface area contributed by atoms with Crippen molar-refractivity contribution in [1.82, 2.24) is 19.8 Å². The first-order valence-electron chi connectivity index (χ1n) is 20.2. The summed E-state index contributed by atoms with van der Waals surface area (Å²) >= 11 is 0. The first kappa shape index (κ1) is 44.5. The van der Waals surface area contributed by atoms with Gasteiger partial charge in [-0.05, 0) is 65.8 Å². The molecule has 0 radical (unpaired) electrons. The molecule has 5 heterocycles. The Hall–Kier alpha value is -3.89. The lowest BCUT2D eigenvalue weighted by Crippen LogP contribution is -2.41. The number of allylic oxidation sites excluding steroid dienone is 2. The largest absolute Gasteiger partial charge is 0.494 e. The second kappa shape index (κ2) is 24.5. The van der Waals surface area contributed by atoms with E-state index in [4.69, 9.17) is 23.9 Å². The van der Waals surface area contributed by atoms with Gasteiger partial charge >= 0.3 is 0 Å². The smallest absolute Gasteiger partial charge is 0.148 e. The highest BCUT2D eigenvalue weighted by molar-refractivity contribution is 5.67. The van der Waals surface area contributed by atoms with Crippen molar-refractivity contribution in [1.29, 1.82) is 0 Å². The SMILES string of the molecule is CC.CC.CC.CC1=C(OCc2ccncc2)c2ncccc2C(CN2CCOCC2)C=C1.COc1c(C)cc(CN2CCOCC2)c2c1=NC[C@@H](C)C=2. The minimum atomic E-state index is 0.295. The highest BCUT2D eigenvalue weighted by Gasteiger charge is 2.24. The van der Waals surface area contributed by atoms with Crippen molar-refractivity contribution in [3.05, 3.63) is 105 Å². The molecular formula is C45H67N5O4. The Labute approximate surface area is 325 Å². The van der Waals surface area contributed by atoms with Crippen molar-refractivity contribution in [2.75, 3.05) is 72.8 Å². The van der Waals surface area contributed by atoms with E-state index in [2.05, 4.69) is 70.9 Å². The van der Waals surface area contributed by atoms with Crippen LogP contribution in [0.25, 0.3) is 11.8 Å². The average Bonchev–Trinajstić information content (AvgIpc) is 3.36. The van der Waals surface area contributed by atoms with Gasteiger partial charge in [0.1, 0.15) is 29.2 Å². The van der Waals surface area contributed by atoms with Crippen molar-refractivity contribution in [2.24, 2.45) is 10.9 Å². The molecular weight excluding hydrogens is 675 g/mol. The number of benzene rings is 1. The molecule has 54 heavy (non-hydrogen) atoms. The number of morpholine rings is 2. The van der Waals surface area contributed by atoms with Gasteiger partial charge in [-0.15, -0.1) is 0 Å². The van der Waals surface area contributed by atoms with Crippen LogP contribution >= 0.6 is 0 Å². The summed E-state index contributed by atoms with van der Waals surface area (Å²) in [7, 11) is 1.73. The number of rotatable bonds is 8. The molecule has 1 unspecified atom stereocenters. The van der Waals surface area contributed by atoms with E-state index >= 15 is 0 Å². The van der Waals surface area contributed by atoms with Gasteiger partial charge in [-0.1, -0.05) is 78.8 Å². The summed E-state index contributed by atoms with van der Waals surface area (Å²) in [6.07, 6.45) is 12.2. The van der Waals surface area contributed by atoms with Crippen molar-refractivity contribution in [3.63, 3.8) is 0 Å². The molecule has 0 spiro atoms. The number of methoxy groups -OCH3 is 1. The summed E-state index contributed by atoms with van der Waals surface area (Å²) in [5.74, 6) is 2.58. The van der Waals surface area contributed by atoms with Crippen LogP contribution in [0.3, 0.4) is 0 Å². The van der Waals surface area contributed by atoms with E-state index < -0.39 is 0 Å².